The Kier molecular flexibility index (Phi) is 6.79. The second kappa shape index (κ2) is 7.60. The molecule has 0 saturated heterocycles. The van der Waals surface area contributed by atoms with Gasteiger partial charge in [0.25, 0.3) is 0 Å². The molecule has 0 saturated carbocycles. The largest absolute Gasteiger partial charge is 0.316 e. The summed E-state index contributed by atoms with van der Waals surface area (Å²) in [7, 11) is 0. The number of benzene rings is 1. The lowest BCUT2D eigenvalue weighted by molar-refractivity contribution is 0.624. The Bertz CT molecular complexity index is 305. The zero-order valence-electron chi connectivity index (χ0n) is 8.82. The number of rotatable bonds is 6. The fraction of sp³-hybridized carbons (Fsp3) is 0.455. The molecule has 0 aliphatic rings. The number of nitrogens with one attached hydrogen (secondary N) is 2. The van der Waals surface area contributed by atoms with Crippen molar-refractivity contribution in [3.63, 3.8) is 0 Å². The van der Waals surface area contributed by atoms with Crippen molar-refractivity contribution >= 4 is 38.5 Å². The molecule has 0 aliphatic carbocycles. The summed E-state index contributed by atoms with van der Waals surface area (Å²) in [6.45, 7) is 6.11. The van der Waals surface area contributed by atoms with Gasteiger partial charge < -0.3 is 10.6 Å². The highest BCUT2D eigenvalue weighted by atomic mass is 127. The van der Waals surface area contributed by atoms with Gasteiger partial charge in [-0.25, -0.2) is 0 Å². The molecule has 0 radical (unpaired) electrons. The van der Waals surface area contributed by atoms with Crippen LogP contribution in [-0.4, -0.2) is 19.6 Å². The first-order valence-corrected chi connectivity index (χ1v) is 6.96. The van der Waals surface area contributed by atoms with Gasteiger partial charge in [0.2, 0.25) is 0 Å². The highest BCUT2D eigenvalue weighted by Crippen LogP contribution is 2.19. The molecule has 15 heavy (non-hydrogen) atoms. The van der Waals surface area contributed by atoms with Crippen LogP contribution in [0.3, 0.4) is 0 Å². The molecule has 0 unspecified atom stereocenters. The lowest BCUT2D eigenvalue weighted by Crippen LogP contribution is -2.26. The monoisotopic (exact) mass is 382 g/mol. The van der Waals surface area contributed by atoms with Crippen LogP contribution in [-0.2, 0) is 6.54 Å². The molecular weight excluding hydrogens is 367 g/mol. The predicted molar refractivity (Wildman–Crippen MR) is 77.1 cm³/mol. The maximum Gasteiger partial charge on any atom is 0.0220 e. The summed E-state index contributed by atoms with van der Waals surface area (Å²) in [6.07, 6.45) is 0. The summed E-state index contributed by atoms with van der Waals surface area (Å²) in [6, 6.07) is 6.40. The van der Waals surface area contributed by atoms with Crippen molar-refractivity contribution in [2.75, 3.05) is 19.6 Å². The lowest BCUT2D eigenvalue weighted by atomic mass is 10.2. The summed E-state index contributed by atoms with van der Waals surface area (Å²) in [5.74, 6) is 0. The molecular formula is C11H16BrIN2. The van der Waals surface area contributed by atoms with Crippen molar-refractivity contribution in [3.05, 3.63) is 31.8 Å². The third kappa shape index (κ3) is 5.29. The zero-order chi connectivity index (χ0) is 11.1. The smallest absolute Gasteiger partial charge is 0.0220 e. The van der Waals surface area contributed by atoms with Gasteiger partial charge in [-0.3, -0.25) is 0 Å². The Hall–Kier alpha value is 0.350. The van der Waals surface area contributed by atoms with E-state index in [-0.39, 0.29) is 0 Å². The van der Waals surface area contributed by atoms with Crippen LogP contribution >= 0.6 is 38.5 Å². The van der Waals surface area contributed by atoms with Crippen LogP contribution in [0.4, 0.5) is 0 Å². The average Bonchev–Trinajstić information content (AvgIpc) is 2.23. The van der Waals surface area contributed by atoms with Crippen molar-refractivity contribution < 1.29 is 0 Å². The molecule has 0 fully saturated rings. The molecule has 0 aliphatic heterocycles. The van der Waals surface area contributed by atoms with Crippen LogP contribution in [0.15, 0.2) is 22.7 Å². The standard InChI is InChI=1S/C11H16BrIN2/c1-2-14-5-6-15-8-9-7-10(13)3-4-11(9)12/h3-4,7,14-15H,2,5-6,8H2,1H3. The van der Waals surface area contributed by atoms with Crippen LogP contribution in [0.1, 0.15) is 12.5 Å². The first kappa shape index (κ1) is 13.4. The topological polar surface area (TPSA) is 24.1 Å². The van der Waals surface area contributed by atoms with E-state index < -0.39 is 0 Å². The number of hydrogen-bond donors (Lipinski definition) is 2. The van der Waals surface area contributed by atoms with Gasteiger partial charge >= 0.3 is 0 Å². The average molecular weight is 383 g/mol. The van der Waals surface area contributed by atoms with E-state index >= 15 is 0 Å². The summed E-state index contributed by atoms with van der Waals surface area (Å²) >= 11 is 5.89. The van der Waals surface area contributed by atoms with Gasteiger partial charge in [-0.1, -0.05) is 22.9 Å². The third-order valence-corrected chi connectivity index (χ3v) is 3.50. The van der Waals surface area contributed by atoms with E-state index in [1.807, 2.05) is 0 Å². The molecule has 0 spiro atoms. The zero-order valence-corrected chi connectivity index (χ0v) is 12.6. The molecule has 4 heteroatoms. The van der Waals surface area contributed by atoms with Gasteiger partial charge in [-0.05, 0) is 52.9 Å². The Morgan fingerprint density at radius 2 is 2.00 bits per heavy atom. The predicted octanol–water partition coefficient (Wildman–Crippen LogP) is 2.75. The first-order chi connectivity index (χ1) is 7.24. The maximum absolute atomic E-state index is 3.55. The second-order valence-electron chi connectivity index (χ2n) is 3.27. The van der Waals surface area contributed by atoms with Gasteiger partial charge in [0.1, 0.15) is 0 Å². The van der Waals surface area contributed by atoms with Crippen molar-refractivity contribution in [2.45, 2.75) is 13.5 Å². The number of halogens is 2. The van der Waals surface area contributed by atoms with Gasteiger partial charge in [0.15, 0.2) is 0 Å². The highest BCUT2D eigenvalue weighted by Gasteiger charge is 1.99. The minimum atomic E-state index is 0.919. The molecule has 0 aromatic heterocycles. The third-order valence-electron chi connectivity index (χ3n) is 2.05. The molecule has 0 heterocycles. The lowest BCUT2D eigenvalue weighted by Gasteiger charge is -2.07. The second-order valence-corrected chi connectivity index (χ2v) is 5.37. The normalized spacial score (nSPS) is 10.6. The van der Waals surface area contributed by atoms with E-state index in [0.717, 1.165) is 26.2 Å². The summed E-state index contributed by atoms with van der Waals surface area (Å²) < 4.78 is 2.46. The van der Waals surface area contributed by atoms with Crippen LogP contribution in [0.2, 0.25) is 0 Å². The van der Waals surface area contributed by atoms with E-state index in [9.17, 15) is 0 Å². The van der Waals surface area contributed by atoms with Crippen LogP contribution in [0.25, 0.3) is 0 Å². The van der Waals surface area contributed by atoms with Gasteiger partial charge in [-0.15, -0.1) is 0 Å². The van der Waals surface area contributed by atoms with Crippen molar-refractivity contribution in [3.8, 4) is 0 Å². The van der Waals surface area contributed by atoms with Gasteiger partial charge in [-0.2, -0.15) is 0 Å². The first-order valence-electron chi connectivity index (χ1n) is 5.09. The van der Waals surface area contributed by atoms with Crippen LogP contribution in [0, 0.1) is 3.57 Å². The molecule has 1 rings (SSSR count). The van der Waals surface area contributed by atoms with Gasteiger partial charge in [0.05, 0.1) is 0 Å². The van der Waals surface area contributed by atoms with Gasteiger partial charge in [0, 0.05) is 27.7 Å². The summed E-state index contributed by atoms with van der Waals surface area (Å²) in [5.41, 5.74) is 1.32. The quantitative estimate of drug-likeness (QED) is 0.584. The molecule has 2 nitrogen and oxygen atoms in total. The maximum atomic E-state index is 3.55. The minimum absolute atomic E-state index is 0.919. The fourth-order valence-corrected chi connectivity index (χ4v) is 2.20. The SMILES string of the molecule is CCNCCNCc1cc(I)ccc1Br. The Labute approximate surface area is 113 Å². The molecule has 1 aromatic carbocycles. The minimum Gasteiger partial charge on any atom is -0.316 e. The van der Waals surface area contributed by atoms with E-state index in [1.54, 1.807) is 0 Å². The summed E-state index contributed by atoms with van der Waals surface area (Å²) in [4.78, 5) is 0. The van der Waals surface area contributed by atoms with Crippen LogP contribution < -0.4 is 10.6 Å². The molecule has 0 bridgehead atoms. The van der Waals surface area contributed by atoms with Crippen molar-refractivity contribution in [1.82, 2.24) is 10.6 Å². The van der Waals surface area contributed by atoms with Crippen molar-refractivity contribution in [1.29, 1.82) is 0 Å². The summed E-state index contributed by atoms with van der Waals surface area (Å²) in [5, 5.41) is 6.69. The Balaban J connectivity index is 2.33. The Morgan fingerprint density at radius 3 is 2.73 bits per heavy atom. The van der Waals surface area contributed by atoms with E-state index in [0.29, 0.717) is 0 Å². The fourth-order valence-electron chi connectivity index (χ4n) is 1.26. The molecule has 0 amide bonds. The molecule has 0 atom stereocenters. The number of hydrogen-bond acceptors (Lipinski definition) is 2. The highest BCUT2D eigenvalue weighted by molar-refractivity contribution is 14.1. The number of likely N-dealkylation sites (N-methyl/N-ethyl adjacent to an activating group) is 1. The van der Waals surface area contributed by atoms with E-state index in [4.69, 9.17) is 0 Å². The van der Waals surface area contributed by atoms with E-state index in [1.165, 1.54) is 13.6 Å². The van der Waals surface area contributed by atoms with Crippen LogP contribution in [0.5, 0.6) is 0 Å². The van der Waals surface area contributed by atoms with E-state index in [2.05, 4.69) is 74.3 Å². The van der Waals surface area contributed by atoms with Crippen molar-refractivity contribution in [2.24, 2.45) is 0 Å². The molecule has 1 aromatic rings. The molecule has 84 valence electrons. The Morgan fingerprint density at radius 1 is 1.27 bits per heavy atom. The molecule has 2 N–H and O–H groups in total.